The molecule has 0 aromatic carbocycles. The van der Waals surface area contributed by atoms with Gasteiger partial charge in [-0.3, -0.25) is 0 Å². The molecule has 0 unspecified atom stereocenters. The summed E-state index contributed by atoms with van der Waals surface area (Å²) in [6.45, 7) is -0.0304. The highest BCUT2D eigenvalue weighted by atomic mass is 19.3. The average Bonchev–Trinajstić information content (AvgIpc) is 1.61. The van der Waals surface area contributed by atoms with Crippen molar-refractivity contribution in [3.05, 3.63) is 0 Å². The minimum absolute atomic E-state index is 0.0304. The number of hydrogen-bond donors (Lipinski definition) is 0. The van der Waals surface area contributed by atoms with Crippen LogP contribution in [0.1, 0.15) is 6.92 Å². The summed E-state index contributed by atoms with van der Waals surface area (Å²) in [4.78, 5) is 0. The largest absolute Gasteiger partial charge is 0.372 e. The number of rotatable bonds is 1. The van der Waals surface area contributed by atoms with E-state index in [0.717, 1.165) is 0 Å². The molecular weight excluding hydrogens is 155 g/mol. The Morgan fingerprint density at radius 3 is 1.60 bits per heavy atom. The lowest BCUT2D eigenvalue weighted by molar-refractivity contribution is -0.160. The molecule has 0 aliphatic heterocycles. The molecule has 0 spiro atoms. The molecule has 10 heavy (non-hydrogen) atoms. The number of alkyl halides is 4. The Morgan fingerprint density at radius 2 is 1.50 bits per heavy atom. The van der Waals surface area contributed by atoms with E-state index in [1.807, 2.05) is 0 Å². The average molecular weight is 158 g/mol. The SMILES string of the molecule is CC(F)(F)C(F)(F)C#CF. The van der Waals surface area contributed by atoms with Gasteiger partial charge in [0, 0.05) is 12.8 Å². The topological polar surface area (TPSA) is 0 Å². The van der Waals surface area contributed by atoms with Crippen LogP contribution in [0.3, 0.4) is 0 Å². The van der Waals surface area contributed by atoms with E-state index in [1.165, 1.54) is 0 Å². The molecule has 0 amide bonds. The Kier molecular flexibility index (Phi) is 2.25. The molecule has 0 aromatic heterocycles. The van der Waals surface area contributed by atoms with Crippen LogP contribution in [0.25, 0.3) is 0 Å². The second kappa shape index (κ2) is 2.45. The van der Waals surface area contributed by atoms with Crippen LogP contribution in [0.5, 0.6) is 0 Å². The van der Waals surface area contributed by atoms with Crippen molar-refractivity contribution in [2.24, 2.45) is 0 Å². The van der Waals surface area contributed by atoms with Crippen LogP contribution in [0.2, 0.25) is 0 Å². The molecule has 0 atom stereocenters. The molecule has 0 saturated heterocycles. The number of hydrogen-bond acceptors (Lipinski definition) is 0. The summed E-state index contributed by atoms with van der Waals surface area (Å²) in [5, 5.41) is 0. The van der Waals surface area contributed by atoms with Crippen molar-refractivity contribution in [2.75, 3.05) is 0 Å². The van der Waals surface area contributed by atoms with Gasteiger partial charge in [0.25, 0.3) is 0 Å². The lowest BCUT2D eigenvalue weighted by Crippen LogP contribution is -2.35. The highest BCUT2D eigenvalue weighted by Crippen LogP contribution is 2.32. The predicted octanol–water partition coefficient (Wildman–Crippen LogP) is 2.21. The van der Waals surface area contributed by atoms with Crippen LogP contribution in [-0.2, 0) is 0 Å². The first-order chi connectivity index (χ1) is 4.31. The van der Waals surface area contributed by atoms with Crippen molar-refractivity contribution in [3.8, 4) is 12.1 Å². The summed E-state index contributed by atoms with van der Waals surface area (Å²) < 4.78 is 57.7. The molecule has 0 N–H and O–H groups in total. The van der Waals surface area contributed by atoms with Crippen LogP contribution in [-0.4, -0.2) is 11.8 Å². The molecule has 5 heteroatoms. The molecule has 0 aliphatic carbocycles. The minimum atomic E-state index is -4.58. The van der Waals surface area contributed by atoms with Crippen LogP contribution in [0.4, 0.5) is 22.0 Å². The van der Waals surface area contributed by atoms with Gasteiger partial charge in [-0.15, -0.1) is 4.39 Å². The van der Waals surface area contributed by atoms with Crippen LogP contribution < -0.4 is 0 Å². The lowest BCUT2D eigenvalue weighted by atomic mass is 10.2. The predicted molar refractivity (Wildman–Crippen MR) is 24.5 cm³/mol. The molecular formula is C5H3F5. The monoisotopic (exact) mass is 158 g/mol. The Labute approximate surface area is 54.0 Å². The first-order valence-corrected chi connectivity index (χ1v) is 2.19. The van der Waals surface area contributed by atoms with Crippen molar-refractivity contribution in [2.45, 2.75) is 18.8 Å². The maximum Gasteiger partial charge on any atom is 0.372 e. The fourth-order valence-corrected chi connectivity index (χ4v) is 0.169. The van der Waals surface area contributed by atoms with E-state index in [4.69, 9.17) is 0 Å². The van der Waals surface area contributed by atoms with Crippen LogP contribution in [0, 0.1) is 12.1 Å². The molecule has 0 aliphatic rings. The normalized spacial score (nSPS) is 12.2. The molecule has 0 bridgehead atoms. The summed E-state index contributed by atoms with van der Waals surface area (Å²) in [5.41, 5.74) is 0. The van der Waals surface area contributed by atoms with E-state index in [9.17, 15) is 22.0 Å². The molecule has 0 fully saturated rings. The van der Waals surface area contributed by atoms with E-state index < -0.39 is 11.8 Å². The summed E-state index contributed by atoms with van der Waals surface area (Å²) in [7, 11) is 0. The highest BCUT2D eigenvalue weighted by molar-refractivity contribution is 5.09. The minimum Gasteiger partial charge on any atom is -0.199 e. The molecule has 0 radical (unpaired) electrons. The second-order valence-corrected chi connectivity index (χ2v) is 1.68. The van der Waals surface area contributed by atoms with Gasteiger partial charge in [-0.25, -0.2) is 0 Å². The van der Waals surface area contributed by atoms with Crippen LogP contribution in [0.15, 0.2) is 0 Å². The van der Waals surface area contributed by atoms with Gasteiger partial charge in [0.2, 0.25) is 0 Å². The first-order valence-electron chi connectivity index (χ1n) is 2.19. The molecule has 58 valence electrons. The van der Waals surface area contributed by atoms with E-state index in [0.29, 0.717) is 5.92 Å². The molecule has 0 aromatic rings. The van der Waals surface area contributed by atoms with Gasteiger partial charge in [-0.2, -0.15) is 17.6 Å². The fraction of sp³-hybridized carbons (Fsp3) is 0.600. The van der Waals surface area contributed by atoms with Gasteiger partial charge in [0.15, 0.2) is 0 Å². The van der Waals surface area contributed by atoms with Gasteiger partial charge < -0.3 is 0 Å². The highest BCUT2D eigenvalue weighted by Gasteiger charge is 2.51. The van der Waals surface area contributed by atoms with E-state index >= 15 is 0 Å². The Hall–Kier alpha value is -0.790. The zero-order chi connectivity index (χ0) is 8.41. The summed E-state index contributed by atoms with van der Waals surface area (Å²) in [6, 6.07) is 0. The van der Waals surface area contributed by atoms with Crippen molar-refractivity contribution in [1.29, 1.82) is 0 Å². The third-order valence-corrected chi connectivity index (χ3v) is 0.756. The quantitative estimate of drug-likeness (QED) is 0.405. The maximum atomic E-state index is 11.8. The maximum absolute atomic E-state index is 11.8. The lowest BCUT2D eigenvalue weighted by Gasteiger charge is -2.15. The van der Waals surface area contributed by atoms with Gasteiger partial charge in [-0.1, -0.05) is 0 Å². The fourth-order valence-electron chi connectivity index (χ4n) is 0.169. The molecule has 0 heterocycles. The summed E-state index contributed by atoms with van der Waals surface area (Å²) >= 11 is 0. The standard InChI is InChI=1S/C5H3F5/c1-4(7,8)5(9,10)2-3-6/h1H3. The van der Waals surface area contributed by atoms with Crippen molar-refractivity contribution in [1.82, 2.24) is 0 Å². The Bertz CT molecular complexity index is 167. The third kappa shape index (κ3) is 1.87. The van der Waals surface area contributed by atoms with E-state index in [1.54, 1.807) is 0 Å². The molecule has 0 rings (SSSR count). The van der Waals surface area contributed by atoms with Crippen molar-refractivity contribution < 1.29 is 22.0 Å². The summed E-state index contributed by atoms with van der Waals surface area (Å²) in [6.07, 6.45) is 0.235. The molecule has 0 saturated carbocycles. The number of halogens is 5. The van der Waals surface area contributed by atoms with Crippen molar-refractivity contribution in [3.63, 3.8) is 0 Å². The third-order valence-electron chi connectivity index (χ3n) is 0.756. The smallest absolute Gasteiger partial charge is 0.199 e. The van der Waals surface area contributed by atoms with Gasteiger partial charge in [0.05, 0.1) is 0 Å². The van der Waals surface area contributed by atoms with Gasteiger partial charge in [-0.05, 0) is 0 Å². The first kappa shape index (κ1) is 9.21. The Balaban J connectivity index is 4.51. The zero-order valence-electron chi connectivity index (χ0n) is 4.89. The van der Waals surface area contributed by atoms with Crippen molar-refractivity contribution >= 4 is 0 Å². The van der Waals surface area contributed by atoms with Crippen LogP contribution >= 0.6 is 0 Å². The van der Waals surface area contributed by atoms with E-state index in [2.05, 4.69) is 0 Å². The summed E-state index contributed by atoms with van der Waals surface area (Å²) in [5.74, 6) is -8.42. The van der Waals surface area contributed by atoms with E-state index in [-0.39, 0.29) is 13.1 Å². The second-order valence-electron chi connectivity index (χ2n) is 1.68. The van der Waals surface area contributed by atoms with Gasteiger partial charge in [0.1, 0.15) is 6.17 Å². The Morgan fingerprint density at radius 1 is 1.10 bits per heavy atom. The zero-order valence-corrected chi connectivity index (χ0v) is 4.89. The molecule has 0 nitrogen and oxygen atoms in total. The van der Waals surface area contributed by atoms with Gasteiger partial charge >= 0.3 is 11.8 Å².